The van der Waals surface area contributed by atoms with E-state index in [4.69, 9.17) is 16.3 Å². The summed E-state index contributed by atoms with van der Waals surface area (Å²) in [4.78, 5) is 12.7. The van der Waals surface area contributed by atoms with Gasteiger partial charge in [0, 0.05) is 5.02 Å². The van der Waals surface area contributed by atoms with Crippen LogP contribution in [0.2, 0.25) is 5.02 Å². The first-order chi connectivity index (χ1) is 13.0. The highest BCUT2D eigenvalue weighted by Crippen LogP contribution is 2.28. The summed E-state index contributed by atoms with van der Waals surface area (Å²) >= 11 is 5.97. The smallest absolute Gasteiger partial charge is 0.314 e. The minimum absolute atomic E-state index is 0.134. The zero-order chi connectivity index (χ0) is 19.2. The van der Waals surface area contributed by atoms with Gasteiger partial charge in [-0.1, -0.05) is 86.1 Å². The molecule has 0 N–H and O–H groups in total. The molecular weight excluding hydrogens is 356 g/mol. The Labute approximate surface area is 165 Å². The van der Waals surface area contributed by atoms with Crippen LogP contribution in [0.15, 0.2) is 78.9 Å². The average molecular weight is 379 g/mol. The van der Waals surface area contributed by atoms with Crippen LogP contribution in [0.1, 0.15) is 30.9 Å². The predicted molar refractivity (Wildman–Crippen MR) is 111 cm³/mol. The molecule has 3 rings (SSSR count). The highest BCUT2D eigenvalue weighted by molar-refractivity contribution is 6.30. The van der Waals surface area contributed by atoms with E-state index >= 15 is 0 Å². The third kappa shape index (κ3) is 4.99. The summed E-state index contributed by atoms with van der Waals surface area (Å²) < 4.78 is 5.66. The molecule has 3 aromatic carbocycles. The maximum Gasteiger partial charge on any atom is 0.314 e. The Morgan fingerprint density at radius 3 is 2.22 bits per heavy atom. The second-order valence-corrected chi connectivity index (χ2v) is 7.38. The molecule has 27 heavy (non-hydrogen) atoms. The lowest BCUT2D eigenvalue weighted by Gasteiger charge is -2.20. The second-order valence-electron chi connectivity index (χ2n) is 6.95. The van der Waals surface area contributed by atoms with E-state index in [1.165, 1.54) is 0 Å². The van der Waals surface area contributed by atoms with Crippen molar-refractivity contribution in [2.75, 3.05) is 0 Å². The monoisotopic (exact) mass is 378 g/mol. The molecule has 1 atom stereocenters. The van der Waals surface area contributed by atoms with Gasteiger partial charge in [-0.15, -0.1) is 0 Å². The molecule has 0 fully saturated rings. The molecule has 0 heterocycles. The van der Waals surface area contributed by atoms with E-state index in [1.54, 1.807) is 0 Å². The first-order valence-corrected chi connectivity index (χ1v) is 9.49. The zero-order valence-corrected chi connectivity index (χ0v) is 16.3. The number of hydrogen-bond donors (Lipinski definition) is 0. The van der Waals surface area contributed by atoms with Gasteiger partial charge in [-0.3, -0.25) is 4.79 Å². The highest BCUT2D eigenvalue weighted by atomic mass is 35.5. The molecule has 0 saturated heterocycles. The van der Waals surface area contributed by atoms with Crippen molar-refractivity contribution in [1.29, 1.82) is 0 Å². The van der Waals surface area contributed by atoms with Crippen molar-refractivity contribution in [3.05, 3.63) is 95.0 Å². The van der Waals surface area contributed by atoms with Gasteiger partial charge >= 0.3 is 5.97 Å². The molecule has 0 saturated carbocycles. The Balaban J connectivity index is 1.71. The first-order valence-electron chi connectivity index (χ1n) is 9.11. The molecule has 3 heteroatoms. The van der Waals surface area contributed by atoms with Crippen molar-refractivity contribution in [1.82, 2.24) is 0 Å². The van der Waals surface area contributed by atoms with E-state index in [0.717, 1.165) is 22.3 Å². The van der Waals surface area contributed by atoms with Crippen molar-refractivity contribution in [3.63, 3.8) is 0 Å². The van der Waals surface area contributed by atoms with Crippen LogP contribution in [0.4, 0.5) is 0 Å². The van der Waals surface area contributed by atoms with E-state index < -0.39 is 0 Å². The van der Waals surface area contributed by atoms with E-state index in [0.29, 0.717) is 5.02 Å². The fraction of sp³-hybridized carbons (Fsp3) is 0.208. The van der Waals surface area contributed by atoms with Crippen LogP contribution in [0.3, 0.4) is 0 Å². The standard InChI is InChI=1S/C24H23ClO2/c1-17(2)23(20-11-13-22(25)14-12-20)24(26)27-16-18-7-6-10-21(15-18)19-8-4-3-5-9-19/h3-15,17,23H,16H2,1-2H3. The van der Waals surface area contributed by atoms with Crippen molar-refractivity contribution < 1.29 is 9.53 Å². The lowest BCUT2D eigenvalue weighted by molar-refractivity contribution is -0.148. The Morgan fingerprint density at radius 2 is 1.56 bits per heavy atom. The summed E-state index contributed by atoms with van der Waals surface area (Å²) in [5.41, 5.74) is 4.16. The highest BCUT2D eigenvalue weighted by Gasteiger charge is 2.25. The maximum absolute atomic E-state index is 12.7. The van der Waals surface area contributed by atoms with Crippen LogP contribution in [0.5, 0.6) is 0 Å². The van der Waals surface area contributed by atoms with Crippen molar-refractivity contribution in [2.24, 2.45) is 5.92 Å². The van der Waals surface area contributed by atoms with Gasteiger partial charge < -0.3 is 4.74 Å². The number of hydrogen-bond acceptors (Lipinski definition) is 2. The summed E-state index contributed by atoms with van der Waals surface area (Å²) in [6, 6.07) is 25.7. The van der Waals surface area contributed by atoms with Crippen LogP contribution < -0.4 is 0 Å². The fourth-order valence-corrected chi connectivity index (χ4v) is 3.30. The van der Waals surface area contributed by atoms with Crippen LogP contribution in [-0.2, 0) is 16.1 Å². The van der Waals surface area contributed by atoms with Gasteiger partial charge in [-0.25, -0.2) is 0 Å². The lowest BCUT2D eigenvalue weighted by Crippen LogP contribution is -2.20. The van der Waals surface area contributed by atoms with Gasteiger partial charge in [-0.2, -0.15) is 0 Å². The van der Waals surface area contributed by atoms with Gasteiger partial charge in [-0.05, 0) is 46.4 Å². The van der Waals surface area contributed by atoms with Crippen LogP contribution in [0.25, 0.3) is 11.1 Å². The van der Waals surface area contributed by atoms with Crippen molar-refractivity contribution >= 4 is 17.6 Å². The fourth-order valence-electron chi connectivity index (χ4n) is 3.18. The summed E-state index contributed by atoms with van der Waals surface area (Å²) in [5, 5.41) is 0.660. The molecule has 138 valence electrons. The first kappa shape index (κ1) is 19.2. The summed E-state index contributed by atoms with van der Waals surface area (Å²) in [7, 11) is 0. The normalized spacial score (nSPS) is 12.0. The number of rotatable bonds is 6. The molecule has 0 amide bonds. The van der Waals surface area contributed by atoms with Crippen LogP contribution in [0, 0.1) is 5.92 Å². The topological polar surface area (TPSA) is 26.3 Å². The molecule has 0 radical (unpaired) electrons. The molecule has 0 bridgehead atoms. The van der Waals surface area contributed by atoms with Crippen LogP contribution in [-0.4, -0.2) is 5.97 Å². The molecule has 2 nitrogen and oxygen atoms in total. The molecular formula is C24H23ClO2. The van der Waals surface area contributed by atoms with Crippen molar-refractivity contribution in [2.45, 2.75) is 26.4 Å². The SMILES string of the molecule is CC(C)C(C(=O)OCc1cccc(-c2ccccc2)c1)c1ccc(Cl)cc1. The van der Waals surface area contributed by atoms with E-state index in [2.05, 4.69) is 24.3 Å². The third-order valence-electron chi connectivity index (χ3n) is 4.56. The minimum atomic E-state index is -0.306. The Hall–Kier alpha value is -2.58. The van der Waals surface area contributed by atoms with Gasteiger partial charge in [0.15, 0.2) is 0 Å². The van der Waals surface area contributed by atoms with Gasteiger partial charge in [0.2, 0.25) is 0 Å². The number of benzene rings is 3. The van der Waals surface area contributed by atoms with Gasteiger partial charge in [0.05, 0.1) is 5.92 Å². The average Bonchev–Trinajstić information content (AvgIpc) is 2.69. The van der Waals surface area contributed by atoms with Crippen LogP contribution >= 0.6 is 11.6 Å². The number of carbonyl (C=O) groups is 1. The molecule has 0 aliphatic rings. The number of esters is 1. The number of carbonyl (C=O) groups excluding carboxylic acids is 1. The Kier molecular flexibility index (Phi) is 6.31. The molecule has 0 aromatic heterocycles. The third-order valence-corrected chi connectivity index (χ3v) is 4.82. The molecule has 0 aliphatic carbocycles. The largest absolute Gasteiger partial charge is 0.460 e. The van der Waals surface area contributed by atoms with E-state index in [9.17, 15) is 4.79 Å². The summed E-state index contributed by atoms with van der Waals surface area (Å²) in [6.07, 6.45) is 0. The Morgan fingerprint density at radius 1 is 0.889 bits per heavy atom. The minimum Gasteiger partial charge on any atom is -0.460 e. The van der Waals surface area contributed by atoms with Gasteiger partial charge in [0.1, 0.15) is 6.61 Å². The van der Waals surface area contributed by atoms with E-state index in [-0.39, 0.29) is 24.4 Å². The number of halogens is 1. The summed E-state index contributed by atoms with van der Waals surface area (Å²) in [6.45, 7) is 4.31. The zero-order valence-electron chi connectivity index (χ0n) is 15.6. The molecule has 0 spiro atoms. The molecule has 3 aromatic rings. The quantitative estimate of drug-likeness (QED) is 0.458. The Bertz CT molecular complexity index is 886. The molecule has 0 aliphatic heterocycles. The van der Waals surface area contributed by atoms with Crippen molar-refractivity contribution in [3.8, 4) is 11.1 Å². The molecule has 1 unspecified atom stereocenters. The lowest BCUT2D eigenvalue weighted by atomic mass is 9.88. The number of ether oxygens (including phenoxy) is 1. The maximum atomic E-state index is 12.7. The second kappa shape index (κ2) is 8.88. The summed E-state index contributed by atoms with van der Waals surface area (Å²) in [5.74, 6) is -0.383. The van der Waals surface area contributed by atoms with Gasteiger partial charge in [0.25, 0.3) is 0 Å². The van der Waals surface area contributed by atoms with E-state index in [1.807, 2.05) is 68.4 Å². The predicted octanol–water partition coefficient (Wildman–Crippen LogP) is 6.49.